The molecule has 0 aliphatic heterocycles. The maximum Gasteiger partial charge on any atom is 0.326 e. The number of carboxylic acid groups (broad SMARTS) is 1. The molecule has 1 saturated carbocycles. The lowest BCUT2D eigenvalue weighted by atomic mass is 10.00. The summed E-state index contributed by atoms with van der Waals surface area (Å²) in [5.41, 5.74) is -0.432. The zero-order valence-corrected chi connectivity index (χ0v) is 13.7. The molecule has 0 aromatic heterocycles. The predicted molar refractivity (Wildman–Crippen MR) is 87.0 cm³/mol. The average molecular weight is 341 g/mol. The summed E-state index contributed by atoms with van der Waals surface area (Å²) in [4.78, 5) is 11.8. The second kappa shape index (κ2) is 5.46. The van der Waals surface area contributed by atoms with Gasteiger partial charge in [-0.05, 0) is 24.6 Å². The van der Waals surface area contributed by atoms with Crippen molar-refractivity contribution < 1.29 is 18.3 Å². The number of sulfone groups is 1. The van der Waals surface area contributed by atoms with Crippen LogP contribution in [0.5, 0.6) is 0 Å². The van der Waals surface area contributed by atoms with E-state index in [1.165, 1.54) is 12.1 Å². The van der Waals surface area contributed by atoms with Crippen LogP contribution in [0.4, 0.5) is 0 Å². The highest BCUT2D eigenvalue weighted by molar-refractivity contribution is 7.92. The third kappa shape index (κ3) is 2.21. The number of carboxylic acids is 1. The molecule has 0 bridgehead atoms. The van der Waals surface area contributed by atoms with Crippen molar-refractivity contribution in [2.75, 3.05) is 0 Å². The normalized spacial score (nSPS) is 25.7. The fraction of sp³-hybridized carbons (Fsp3) is 0.222. The summed E-state index contributed by atoms with van der Waals surface area (Å²) in [5, 5.41) is 17.8. The highest BCUT2D eigenvalue weighted by Gasteiger charge is 2.77. The molecule has 24 heavy (non-hydrogen) atoms. The number of hydrogen-bond acceptors (Lipinski definition) is 4. The zero-order valence-electron chi connectivity index (χ0n) is 12.9. The zero-order chi connectivity index (χ0) is 17.5. The lowest BCUT2D eigenvalue weighted by Gasteiger charge is -2.04. The molecule has 3 rings (SSSR count). The second-order valence-corrected chi connectivity index (χ2v) is 8.02. The van der Waals surface area contributed by atoms with Gasteiger partial charge in [0.1, 0.15) is 5.25 Å². The van der Waals surface area contributed by atoms with Gasteiger partial charge in [0.2, 0.25) is 0 Å². The van der Waals surface area contributed by atoms with E-state index in [9.17, 15) is 23.6 Å². The van der Waals surface area contributed by atoms with Crippen molar-refractivity contribution in [1.29, 1.82) is 5.26 Å². The van der Waals surface area contributed by atoms with E-state index in [4.69, 9.17) is 0 Å². The molecule has 0 unspecified atom stereocenters. The number of carbonyl (C=O) groups is 1. The highest BCUT2D eigenvalue weighted by atomic mass is 32.2. The summed E-state index contributed by atoms with van der Waals surface area (Å²) in [5.74, 6) is -2.29. The van der Waals surface area contributed by atoms with Crippen molar-refractivity contribution in [2.24, 2.45) is 5.41 Å². The molecule has 2 aromatic rings. The molecule has 122 valence electrons. The first-order valence-corrected chi connectivity index (χ1v) is 8.90. The molecule has 0 amide bonds. The lowest BCUT2D eigenvalue weighted by Crippen LogP contribution is -2.22. The van der Waals surface area contributed by atoms with Crippen LogP contribution in [-0.2, 0) is 14.6 Å². The van der Waals surface area contributed by atoms with Gasteiger partial charge in [-0.15, -0.1) is 0 Å². The van der Waals surface area contributed by atoms with Gasteiger partial charge in [0, 0.05) is 5.92 Å². The van der Waals surface area contributed by atoms with Crippen LogP contribution in [0.2, 0.25) is 0 Å². The first-order valence-electron chi connectivity index (χ1n) is 7.36. The second-order valence-electron chi connectivity index (χ2n) is 5.95. The molecule has 1 aliphatic rings. The molecule has 1 fully saturated rings. The summed E-state index contributed by atoms with van der Waals surface area (Å²) >= 11 is 0. The van der Waals surface area contributed by atoms with Crippen LogP contribution >= 0.6 is 0 Å². The average Bonchev–Trinajstić information content (AvgIpc) is 3.28. The molecular weight excluding hydrogens is 326 g/mol. The molecular formula is C18H15NO4S. The van der Waals surface area contributed by atoms with E-state index in [2.05, 4.69) is 0 Å². The van der Waals surface area contributed by atoms with Crippen LogP contribution in [0.1, 0.15) is 17.0 Å². The monoisotopic (exact) mass is 341 g/mol. The van der Waals surface area contributed by atoms with Gasteiger partial charge in [0.15, 0.2) is 15.3 Å². The number of aliphatic carboxylic acids is 1. The van der Waals surface area contributed by atoms with Crippen LogP contribution < -0.4 is 0 Å². The van der Waals surface area contributed by atoms with E-state index in [0.29, 0.717) is 5.56 Å². The van der Waals surface area contributed by atoms with Crippen molar-refractivity contribution >= 4 is 15.8 Å². The summed E-state index contributed by atoms with van der Waals surface area (Å²) < 4.78 is 25.8. The van der Waals surface area contributed by atoms with E-state index in [0.717, 1.165) is 5.56 Å². The van der Waals surface area contributed by atoms with E-state index in [1.54, 1.807) is 48.5 Å². The van der Waals surface area contributed by atoms with Crippen LogP contribution in [0.15, 0.2) is 59.5 Å². The van der Waals surface area contributed by atoms with Gasteiger partial charge in [-0.1, -0.05) is 48.0 Å². The van der Waals surface area contributed by atoms with Crippen LogP contribution in [0, 0.1) is 23.7 Å². The van der Waals surface area contributed by atoms with E-state index in [-0.39, 0.29) is 4.90 Å². The Balaban J connectivity index is 2.13. The van der Waals surface area contributed by atoms with Crippen LogP contribution in [0.3, 0.4) is 0 Å². The minimum Gasteiger partial charge on any atom is -0.480 e. The van der Waals surface area contributed by atoms with Gasteiger partial charge >= 0.3 is 5.97 Å². The minimum absolute atomic E-state index is 0.0329. The summed E-state index contributed by atoms with van der Waals surface area (Å²) in [6.07, 6.45) is 0. The highest BCUT2D eigenvalue weighted by Crippen LogP contribution is 2.63. The number of nitriles is 1. The number of aryl methyl sites for hydroxylation is 1. The molecule has 2 aromatic carbocycles. The number of hydrogen-bond donors (Lipinski definition) is 1. The molecule has 1 aliphatic carbocycles. The van der Waals surface area contributed by atoms with Crippen molar-refractivity contribution in [3.05, 3.63) is 65.7 Å². The van der Waals surface area contributed by atoms with E-state index in [1.807, 2.05) is 6.92 Å². The van der Waals surface area contributed by atoms with Crippen LogP contribution in [0.25, 0.3) is 0 Å². The molecule has 0 spiro atoms. The van der Waals surface area contributed by atoms with Crippen molar-refractivity contribution in [2.45, 2.75) is 23.0 Å². The number of rotatable bonds is 4. The van der Waals surface area contributed by atoms with Gasteiger partial charge in [-0.25, -0.2) is 8.42 Å². The third-order valence-electron chi connectivity index (χ3n) is 4.51. The molecule has 1 N–H and O–H groups in total. The summed E-state index contributed by atoms with van der Waals surface area (Å²) in [7, 11) is -3.94. The van der Waals surface area contributed by atoms with Crippen LogP contribution in [-0.4, -0.2) is 24.7 Å². The van der Waals surface area contributed by atoms with Crippen molar-refractivity contribution in [3.63, 3.8) is 0 Å². The predicted octanol–water partition coefficient (Wildman–Crippen LogP) is 2.53. The van der Waals surface area contributed by atoms with E-state index < -0.39 is 32.4 Å². The Kier molecular flexibility index (Phi) is 3.69. The smallest absolute Gasteiger partial charge is 0.326 e. The third-order valence-corrected chi connectivity index (χ3v) is 6.76. The van der Waals surface area contributed by atoms with Gasteiger partial charge in [-0.2, -0.15) is 5.26 Å². The Morgan fingerprint density at radius 2 is 1.71 bits per heavy atom. The Bertz CT molecular complexity index is 929. The van der Waals surface area contributed by atoms with Gasteiger partial charge in [0.25, 0.3) is 0 Å². The fourth-order valence-corrected chi connectivity index (χ4v) is 5.45. The molecule has 0 radical (unpaired) electrons. The Hall–Kier alpha value is -2.65. The Labute approximate surface area is 140 Å². The van der Waals surface area contributed by atoms with Crippen molar-refractivity contribution in [3.8, 4) is 6.07 Å². The SMILES string of the molecule is Cc1ccc([C@@H]2[C@H](S(=O)(=O)c3ccccc3)[C@]2(C#N)C(=O)O)cc1. The Morgan fingerprint density at radius 3 is 2.21 bits per heavy atom. The topological polar surface area (TPSA) is 95.2 Å². The first-order chi connectivity index (χ1) is 11.4. The van der Waals surface area contributed by atoms with E-state index >= 15 is 0 Å². The Morgan fingerprint density at radius 1 is 1.12 bits per heavy atom. The minimum atomic E-state index is -3.94. The number of benzene rings is 2. The molecule has 3 atom stereocenters. The quantitative estimate of drug-likeness (QED) is 0.922. The van der Waals surface area contributed by atoms with Gasteiger partial charge in [0.05, 0.1) is 11.0 Å². The summed E-state index contributed by atoms with van der Waals surface area (Å²) in [6.45, 7) is 1.88. The molecule has 6 heteroatoms. The maximum atomic E-state index is 12.9. The van der Waals surface area contributed by atoms with Gasteiger partial charge in [-0.3, -0.25) is 4.79 Å². The summed E-state index contributed by atoms with van der Waals surface area (Å²) in [6, 6.07) is 16.4. The fourth-order valence-electron chi connectivity index (χ4n) is 3.18. The van der Waals surface area contributed by atoms with Crippen molar-refractivity contribution in [1.82, 2.24) is 0 Å². The largest absolute Gasteiger partial charge is 0.480 e. The molecule has 5 nitrogen and oxygen atoms in total. The van der Waals surface area contributed by atoms with Gasteiger partial charge < -0.3 is 5.11 Å². The maximum absolute atomic E-state index is 12.9. The lowest BCUT2D eigenvalue weighted by molar-refractivity contribution is -0.141. The first kappa shape index (κ1) is 16.2. The molecule has 0 saturated heterocycles. The standard InChI is InChI=1S/C18H15NO4S/c1-12-7-9-13(10-8-12)15-16(18(15,11-19)17(20)21)24(22,23)14-5-3-2-4-6-14/h2-10,15-16H,1H3,(H,20,21)/t15-,16+,18-/m1/s1. The number of nitrogens with zero attached hydrogens (tertiary/aromatic N) is 1. The molecule has 0 heterocycles.